The second kappa shape index (κ2) is 4.77. The Morgan fingerprint density at radius 1 is 1.33 bits per heavy atom. The Morgan fingerprint density at radius 2 is 1.93 bits per heavy atom. The number of hydrogen-bond donors (Lipinski definition) is 1. The zero-order valence-corrected chi connectivity index (χ0v) is 9.49. The first-order valence-electron chi connectivity index (χ1n) is 5.58. The van der Waals surface area contributed by atoms with Gasteiger partial charge in [-0.15, -0.1) is 0 Å². The van der Waals surface area contributed by atoms with Crippen molar-refractivity contribution in [1.82, 2.24) is 5.32 Å². The summed E-state index contributed by atoms with van der Waals surface area (Å²) >= 11 is 0. The van der Waals surface area contributed by atoms with Crippen LogP contribution < -0.4 is 5.32 Å². The molecule has 0 bridgehead atoms. The molecule has 1 aromatic rings. The topological polar surface area (TPSA) is 21.3 Å². The lowest BCUT2D eigenvalue weighted by atomic mass is 9.97. The van der Waals surface area contributed by atoms with Gasteiger partial charge in [-0.3, -0.25) is 0 Å². The first kappa shape index (κ1) is 10.7. The van der Waals surface area contributed by atoms with Crippen LogP contribution in [0.2, 0.25) is 0 Å². The zero-order chi connectivity index (χ0) is 10.7. The Labute approximate surface area is 91.6 Å². The van der Waals surface area contributed by atoms with Crippen LogP contribution in [-0.2, 0) is 17.6 Å². The molecule has 0 radical (unpaired) electrons. The molecule has 1 aliphatic rings. The van der Waals surface area contributed by atoms with Gasteiger partial charge in [0.1, 0.15) is 0 Å². The van der Waals surface area contributed by atoms with Crippen LogP contribution in [-0.4, -0.2) is 26.8 Å². The Morgan fingerprint density at radius 3 is 2.40 bits per heavy atom. The SMILES string of the molecule is CNC(COC)C1Cc2ccccc2C1. The summed E-state index contributed by atoms with van der Waals surface area (Å²) in [4.78, 5) is 0. The highest BCUT2D eigenvalue weighted by atomic mass is 16.5. The van der Waals surface area contributed by atoms with Crippen molar-refractivity contribution >= 4 is 0 Å². The van der Waals surface area contributed by atoms with Gasteiger partial charge in [0.25, 0.3) is 0 Å². The minimum absolute atomic E-state index is 0.474. The zero-order valence-electron chi connectivity index (χ0n) is 9.49. The van der Waals surface area contributed by atoms with Gasteiger partial charge in [-0.05, 0) is 36.9 Å². The maximum atomic E-state index is 5.24. The van der Waals surface area contributed by atoms with E-state index < -0.39 is 0 Å². The van der Waals surface area contributed by atoms with Gasteiger partial charge in [0.2, 0.25) is 0 Å². The van der Waals surface area contributed by atoms with Gasteiger partial charge in [-0.25, -0.2) is 0 Å². The van der Waals surface area contributed by atoms with Crippen molar-refractivity contribution in [3.8, 4) is 0 Å². The number of benzene rings is 1. The third-order valence-electron chi connectivity index (χ3n) is 3.37. The third-order valence-corrected chi connectivity index (χ3v) is 3.37. The quantitative estimate of drug-likeness (QED) is 0.806. The van der Waals surface area contributed by atoms with E-state index in [-0.39, 0.29) is 0 Å². The fraction of sp³-hybridized carbons (Fsp3) is 0.538. The van der Waals surface area contributed by atoms with E-state index >= 15 is 0 Å². The summed E-state index contributed by atoms with van der Waals surface area (Å²) in [5.41, 5.74) is 3.03. The summed E-state index contributed by atoms with van der Waals surface area (Å²) in [7, 11) is 3.79. The third kappa shape index (κ3) is 2.21. The van der Waals surface area contributed by atoms with Gasteiger partial charge >= 0.3 is 0 Å². The Hall–Kier alpha value is -0.860. The summed E-state index contributed by atoms with van der Waals surface area (Å²) in [5, 5.41) is 3.35. The molecule has 2 nitrogen and oxygen atoms in total. The van der Waals surface area contributed by atoms with Crippen LogP contribution in [0.3, 0.4) is 0 Å². The van der Waals surface area contributed by atoms with Crippen LogP contribution in [0.1, 0.15) is 11.1 Å². The van der Waals surface area contributed by atoms with Crippen molar-refractivity contribution in [2.24, 2.45) is 5.92 Å². The lowest BCUT2D eigenvalue weighted by Gasteiger charge is -2.21. The number of fused-ring (bicyclic) bond motifs is 1. The standard InChI is InChI=1S/C13H19NO/c1-14-13(9-15-2)12-7-10-5-3-4-6-11(10)8-12/h3-6,12-14H,7-9H2,1-2H3. The van der Waals surface area contributed by atoms with Gasteiger partial charge in [0.15, 0.2) is 0 Å². The number of ether oxygens (including phenoxy) is 1. The highest BCUT2D eigenvalue weighted by Crippen LogP contribution is 2.28. The summed E-state index contributed by atoms with van der Waals surface area (Å²) in [6.45, 7) is 0.801. The van der Waals surface area contributed by atoms with Crippen LogP contribution in [0.5, 0.6) is 0 Å². The summed E-state index contributed by atoms with van der Waals surface area (Å²) in [6.07, 6.45) is 2.37. The van der Waals surface area contributed by atoms with E-state index in [9.17, 15) is 0 Å². The van der Waals surface area contributed by atoms with E-state index in [1.165, 1.54) is 24.0 Å². The molecular weight excluding hydrogens is 186 g/mol. The number of hydrogen-bond acceptors (Lipinski definition) is 2. The minimum atomic E-state index is 0.474. The molecule has 0 aliphatic heterocycles. The molecule has 0 heterocycles. The number of nitrogens with one attached hydrogen (secondary N) is 1. The van der Waals surface area contributed by atoms with E-state index in [1.807, 2.05) is 7.05 Å². The van der Waals surface area contributed by atoms with Crippen molar-refractivity contribution in [3.63, 3.8) is 0 Å². The monoisotopic (exact) mass is 205 g/mol. The molecule has 0 saturated carbocycles. The molecule has 0 saturated heterocycles. The number of methoxy groups -OCH3 is 1. The summed E-state index contributed by atoms with van der Waals surface area (Å²) < 4.78 is 5.24. The molecule has 1 atom stereocenters. The van der Waals surface area contributed by atoms with Crippen molar-refractivity contribution in [2.45, 2.75) is 18.9 Å². The Balaban J connectivity index is 2.05. The second-order valence-electron chi connectivity index (χ2n) is 4.29. The molecule has 1 aliphatic carbocycles. The van der Waals surface area contributed by atoms with Crippen LogP contribution >= 0.6 is 0 Å². The molecule has 0 fully saturated rings. The molecule has 1 unspecified atom stereocenters. The smallest absolute Gasteiger partial charge is 0.0618 e. The van der Waals surface area contributed by atoms with Crippen molar-refractivity contribution in [2.75, 3.05) is 20.8 Å². The van der Waals surface area contributed by atoms with E-state index in [0.29, 0.717) is 12.0 Å². The predicted molar refractivity (Wildman–Crippen MR) is 62.1 cm³/mol. The highest BCUT2D eigenvalue weighted by Gasteiger charge is 2.27. The number of likely N-dealkylation sites (N-methyl/N-ethyl adjacent to an activating group) is 1. The molecule has 1 N–H and O–H groups in total. The lowest BCUT2D eigenvalue weighted by molar-refractivity contribution is 0.145. The molecule has 2 rings (SSSR count). The molecule has 0 amide bonds. The predicted octanol–water partition coefficient (Wildman–Crippen LogP) is 1.64. The molecule has 0 spiro atoms. The van der Waals surface area contributed by atoms with Gasteiger partial charge in [0, 0.05) is 13.2 Å². The van der Waals surface area contributed by atoms with Crippen molar-refractivity contribution in [1.29, 1.82) is 0 Å². The molecule has 15 heavy (non-hydrogen) atoms. The maximum Gasteiger partial charge on any atom is 0.0618 e. The fourth-order valence-electron chi connectivity index (χ4n) is 2.51. The molecule has 2 heteroatoms. The second-order valence-corrected chi connectivity index (χ2v) is 4.29. The largest absolute Gasteiger partial charge is 0.383 e. The Kier molecular flexibility index (Phi) is 3.39. The van der Waals surface area contributed by atoms with E-state index in [2.05, 4.69) is 29.6 Å². The van der Waals surface area contributed by atoms with Gasteiger partial charge in [-0.2, -0.15) is 0 Å². The summed E-state index contributed by atoms with van der Waals surface area (Å²) in [5.74, 6) is 0.687. The molecular formula is C13H19NO. The molecule has 1 aromatic carbocycles. The maximum absolute atomic E-state index is 5.24. The Bertz CT molecular complexity index is 299. The van der Waals surface area contributed by atoms with Gasteiger partial charge < -0.3 is 10.1 Å². The molecule has 82 valence electrons. The van der Waals surface area contributed by atoms with Gasteiger partial charge in [-0.1, -0.05) is 24.3 Å². The van der Waals surface area contributed by atoms with Crippen molar-refractivity contribution in [3.05, 3.63) is 35.4 Å². The van der Waals surface area contributed by atoms with Crippen LogP contribution in [0.4, 0.5) is 0 Å². The van der Waals surface area contributed by atoms with Crippen molar-refractivity contribution < 1.29 is 4.74 Å². The van der Waals surface area contributed by atoms with E-state index in [0.717, 1.165) is 6.61 Å². The first-order chi connectivity index (χ1) is 7.35. The number of rotatable bonds is 4. The average Bonchev–Trinajstić information content (AvgIpc) is 2.69. The summed E-state index contributed by atoms with van der Waals surface area (Å²) in [6, 6.07) is 9.23. The van der Waals surface area contributed by atoms with Crippen LogP contribution in [0.25, 0.3) is 0 Å². The van der Waals surface area contributed by atoms with Gasteiger partial charge in [0.05, 0.1) is 6.61 Å². The first-order valence-corrected chi connectivity index (χ1v) is 5.58. The fourth-order valence-corrected chi connectivity index (χ4v) is 2.51. The van der Waals surface area contributed by atoms with E-state index in [4.69, 9.17) is 4.74 Å². The average molecular weight is 205 g/mol. The highest BCUT2D eigenvalue weighted by molar-refractivity contribution is 5.32. The van der Waals surface area contributed by atoms with Crippen LogP contribution in [0, 0.1) is 5.92 Å². The lowest BCUT2D eigenvalue weighted by Crippen LogP contribution is -2.37. The van der Waals surface area contributed by atoms with Crippen LogP contribution in [0.15, 0.2) is 24.3 Å². The van der Waals surface area contributed by atoms with E-state index in [1.54, 1.807) is 7.11 Å². The minimum Gasteiger partial charge on any atom is -0.383 e. The normalized spacial score (nSPS) is 17.7. The molecule has 0 aromatic heterocycles.